The lowest BCUT2D eigenvalue weighted by molar-refractivity contribution is 0.249. The summed E-state index contributed by atoms with van der Waals surface area (Å²) in [5, 5.41) is 3.96. The Morgan fingerprint density at radius 2 is 2.21 bits per heavy atom. The summed E-state index contributed by atoms with van der Waals surface area (Å²) in [4.78, 5) is 10.5. The number of nitrogens with two attached hydrogens (primary N) is 1. The van der Waals surface area contributed by atoms with Crippen molar-refractivity contribution in [3.05, 3.63) is 0 Å². The number of amides is 2. The van der Waals surface area contributed by atoms with E-state index in [-0.39, 0.29) is 0 Å². The molecule has 1 saturated carbocycles. The van der Waals surface area contributed by atoms with Gasteiger partial charge in [0.2, 0.25) is 0 Å². The van der Waals surface area contributed by atoms with Crippen molar-refractivity contribution in [2.75, 3.05) is 0 Å². The van der Waals surface area contributed by atoms with Gasteiger partial charge in [-0.1, -0.05) is 20.8 Å². The van der Waals surface area contributed by atoms with Crippen LogP contribution >= 0.6 is 0 Å². The van der Waals surface area contributed by atoms with Crippen molar-refractivity contribution in [1.29, 1.82) is 0 Å². The fraction of sp³-hybridized carbons (Fsp3) is 0.800. The Bertz CT molecular complexity index is 275. The Morgan fingerprint density at radius 1 is 1.71 bits per heavy atom. The highest BCUT2D eigenvalue weighted by Crippen LogP contribution is 2.57. The molecule has 0 saturated heterocycles. The number of rotatable bonds is 3. The van der Waals surface area contributed by atoms with Crippen molar-refractivity contribution in [2.24, 2.45) is 28.1 Å². The standard InChI is InChI=1S/C10H19N3O/c1-6-5-10(6,4)7(2)8(3)12-13-9(11)14/h6-7H,5H2,1-4H3,(H3,11,13,14)/b12-8+. The number of carbonyl (C=O) groups is 1. The minimum absolute atomic E-state index is 0.354. The molecule has 0 aromatic carbocycles. The van der Waals surface area contributed by atoms with Crippen molar-refractivity contribution in [3.63, 3.8) is 0 Å². The zero-order valence-corrected chi connectivity index (χ0v) is 9.29. The molecular formula is C10H19N3O. The zero-order valence-electron chi connectivity index (χ0n) is 9.29. The first kappa shape index (κ1) is 11.0. The zero-order chi connectivity index (χ0) is 10.9. The van der Waals surface area contributed by atoms with Crippen LogP contribution in [0, 0.1) is 17.3 Å². The largest absolute Gasteiger partial charge is 0.350 e. The summed E-state index contributed by atoms with van der Waals surface area (Å²) in [7, 11) is 0. The van der Waals surface area contributed by atoms with Gasteiger partial charge in [-0.25, -0.2) is 10.2 Å². The van der Waals surface area contributed by atoms with Crippen LogP contribution in [0.2, 0.25) is 0 Å². The summed E-state index contributed by atoms with van der Waals surface area (Å²) in [6, 6.07) is -0.606. The summed E-state index contributed by atoms with van der Waals surface area (Å²) >= 11 is 0. The fourth-order valence-electron chi connectivity index (χ4n) is 1.92. The van der Waals surface area contributed by atoms with Gasteiger partial charge in [-0.2, -0.15) is 5.10 Å². The molecule has 0 aromatic heterocycles. The molecule has 1 fully saturated rings. The smallest absolute Gasteiger partial charge is 0.332 e. The number of nitrogens with one attached hydrogen (secondary N) is 1. The molecule has 0 radical (unpaired) electrons. The van der Waals surface area contributed by atoms with Crippen molar-refractivity contribution >= 4 is 11.7 Å². The van der Waals surface area contributed by atoms with Crippen LogP contribution in [0.25, 0.3) is 0 Å². The van der Waals surface area contributed by atoms with Gasteiger partial charge < -0.3 is 5.73 Å². The highest BCUT2D eigenvalue weighted by atomic mass is 16.2. The molecule has 3 atom stereocenters. The molecule has 0 heterocycles. The van der Waals surface area contributed by atoms with E-state index < -0.39 is 6.03 Å². The molecular weight excluding hydrogens is 178 g/mol. The second-order valence-corrected chi connectivity index (χ2v) is 4.56. The van der Waals surface area contributed by atoms with Gasteiger partial charge >= 0.3 is 6.03 Å². The van der Waals surface area contributed by atoms with Crippen LogP contribution in [-0.2, 0) is 0 Å². The molecule has 1 rings (SSSR count). The lowest BCUT2D eigenvalue weighted by Crippen LogP contribution is -2.28. The molecule has 0 aromatic rings. The number of hydrogen-bond acceptors (Lipinski definition) is 2. The van der Waals surface area contributed by atoms with E-state index in [2.05, 4.69) is 31.3 Å². The van der Waals surface area contributed by atoms with E-state index in [0.717, 1.165) is 11.6 Å². The predicted molar refractivity (Wildman–Crippen MR) is 56.9 cm³/mol. The second-order valence-electron chi connectivity index (χ2n) is 4.56. The lowest BCUT2D eigenvalue weighted by atomic mass is 9.87. The highest BCUT2D eigenvalue weighted by Gasteiger charge is 2.51. The van der Waals surface area contributed by atoms with E-state index in [1.807, 2.05) is 6.92 Å². The summed E-state index contributed by atoms with van der Waals surface area (Å²) in [5.74, 6) is 1.14. The fourth-order valence-corrected chi connectivity index (χ4v) is 1.92. The topological polar surface area (TPSA) is 67.5 Å². The molecule has 0 bridgehead atoms. The van der Waals surface area contributed by atoms with Gasteiger partial charge in [0.1, 0.15) is 0 Å². The van der Waals surface area contributed by atoms with Crippen LogP contribution in [0.3, 0.4) is 0 Å². The number of primary amides is 1. The lowest BCUT2D eigenvalue weighted by Gasteiger charge is -2.19. The third kappa shape index (κ3) is 2.05. The van der Waals surface area contributed by atoms with Crippen molar-refractivity contribution in [2.45, 2.75) is 34.1 Å². The van der Waals surface area contributed by atoms with E-state index in [0.29, 0.717) is 11.3 Å². The molecule has 2 amide bonds. The number of nitrogens with zero attached hydrogens (tertiary/aromatic N) is 1. The number of urea groups is 1. The molecule has 4 nitrogen and oxygen atoms in total. The van der Waals surface area contributed by atoms with E-state index >= 15 is 0 Å². The van der Waals surface area contributed by atoms with Crippen LogP contribution in [-0.4, -0.2) is 11.7 Å². The van der Waals surface area contributed by atoms with Gasteiger partial charge in [0.15, 0.2) is 0 Å². The first-order valence-corrected chi connectivity index (χ1v) is 4.97. The summed E-state index contributed by atoms with van der Waals surface area (Å²) in [6.07, 6.45) is 1.23. The average molecular weight is 197 g/mol. The SMILES string of the molecule is C/C(=N\NC(N)=O)C(C)C1(C)CC1C. The Morgan fingerprint density at radius 3 is 2.57 bits per heavy atom. The maximum Gasteiger partial charge on any atom is 0.332 e. The van der Waals surface area contributed by atoms with E-state index in [1.165, 1.54) is 6.42 Å². The van der Waals surface area contributed by atoms with E-state index in [9.17, 15) is 4.79 Å². The molecule has 80 valence electrons. The predicted octanol–water partition coefficient (Wildman–Crippen LogP) is 1.71. The van der Waals surface area contributed by atoms with Gasteiger partial charge in [0.05, 0.1) is 0 Å². The van der Waals surface area contributed by atoms with Crippen LogP contribution in [0.4, 0.5) is 4.79 Å². The van der Waals surface area contributed by atoms with Crippen LogP contribution in [0.1, 0.15) is 34.1 Å². The molecule has 0 spiro atoms. The molecule has 1 aliphatic carbocycles. The van der Waals surface area contributed by atoms with Crippen LogP contribution in [0.15, 0.2) is 5.10 Å². The molecule has 0 aliphatic heterocycles. The Labute approximate surface area is 84.9 Å². The minimum atomic E-state index is -0.606. The maximum absolute atomic E-state index is 10.5. The Hall–Kier alpha value is -1.06. The normalized spacial score (nSPS) is 33.7. The molecule has 4 heteroatoms. The average Bonchev–Trinajstić information content (AvgIpc) is 2.70. The maximum atomic E-state index is 10.5. The highest BCUT2D eigenvalue weighted by molar-refractivity contribution is 5.86. The first-order chi connectivity index (χ1) is 6.38. The van der Waals surface area contributed by atoms with Crippen LogP contribution < -0.4 is 11.2 Å². The first-order valence-electron chi connectivity index (χ1n) is 4.97. The van der Waals surface area contributed by atoms with Crippen molar-refractivity contribution < 1.29 is 4.79 Å². The monoisotopic (exact) mass is 197 g/mol. The van der Waals surface area contributed by atoms with Crippen molar-refractivity contribution in [3.8, 4) is 0 Å². The summed E-state index contributed by atoms with van der Waals surface area (Å²) < 4.78 is 0. The van der Waals surface area contributed by atoms with Gasteiger partial charge in [-0.15, -0.1) is 0 Å². The second kappa shape index (κ2) is 3.59. The third-order valence-electron chi connectivity index (χ3n) is 3.67. The quantitative estimate of drug-likeness (QED) is 0.525. The summed E-state index contributed by atoms with van der Waals surface area (Å²) in [6.45, 7) is 8.57. The Balaban J connectivity index is 2.57. The van der Waals surface area contributed by atoms with E-state index in [1.54, 1.807) is 0 Å². The molecule has 3 unspecified atom stereocenters. The number of hydrogen-bond donors (Lipinski definition) is 2. The van der Waals surface area contributed by atoms with Gasteiger partial charge in [-0.05, 0) is 24.7 Å². The third-order valence-corrected chi connectivity index (χ3v) is 3.67. The van der Waals surface area contributed by atoms with Gasteiger partial charge in [0, 0.05) is 11.6 Å². The number of hydrazone groups is 1. The Kier molecular flexibility index (Phi) is 2.83. The molecule has 3 N–H and O–H groups in total. The molecule has 1 aliphatic rings. The van der Waals surface area contributed by atoms with Gasteiger partial charge in [0.25, 0.3) is 0 Å². The van der Waals surface area contributed by atoms with Gasteiger partial charge in [-0.3, -0.25) is 0 Å². The van der Waals surface area contributed by atoms with Crippen LogP contribution in [0.5, 0.6) is 0 Å². The summed E-state index contributed by atoms with van der Waals surface area (Å²) in [5.41, 5.74) is 8.50. The minimum Gasteiger partial charge on any atom is -0.350 e. The molecule has 14 heavy (non-hydrogen) atoms. The van der Waals surface area contributed by atoms with Crippen molar-refractivity contribution in [1.82, 2.24) is 5.43 Å². The van der Waals surface area contributed by atoms with E-state index in [4.69, 9.17) is 5.73 Å². The number of carbonyl (C=O) groups excluding carboxylic acids is 1.